The molecule has 4 rings (SSSR count). The number of furan rings is 1. The van der Waals surface area contributed by atoms with Crippen molar-refractivity contribution < 1.29 is 18.7 Å². The van der Waals surface area contributed by atoms with Crippen molar-refractivity contribution in [3.63, 3.8) is 0 Å². The van der Waals surface area contributed by atoms with Crippen LogP contribution in [0.25, 0.3) is 0 Å². The van der Waals surface area contributed by atoms with Crippen LogP contribution in [-0.4, -0.2) is 79.0 Å². The molecule has 3 heterocycles. The average molecular weight is 383 g/mol. The van der Waals surface area contributed by atoms with E-state index in [0.29, 0.717) is 58.2 Å². The van der Waals surface area contributed by atoms with E-state index >= 15 is 0 Å². The van der Waals surface area contributed by atoms with E-state index in [1.54, 1.807) is 17.0 Å². The number of ether oxygens (including phenoxy) is 1. The normalized spacial score (nSPS) is 19.4. The number of amides is 2. The molecule has 2 fully saturated rings. The van der Waals surface area contributed by atoms with Crippen LogP contribution >= 0.6 is 0 Å². The number of benzene rings is 1. The first kappa shape index (κ1) is 18.7. The van der Waals surface area contributed by atoms with Crippen LogP contribution in [0.1, 0.15) is 22.2 Å². The number of hydrogen-bond donors (Lipinski definition) is 0. The lowest BCUT2D eigenvalue weighted by atomic mass is 10.0. The highest BCUT2D eigenvalue weighted by Gasteiger charge is 2.35. The summed E-state index contributed by atoms with van der Waals surface area (Å²) in [6.07, 6.45) is 1.51. The number of morpholine rings is 1. The van der Waals surface area contributed by atoms with Gasteiger partial charge in [-0.3, -0.25) is 14.5 Å². The molecule has 28 heavy (non-hydrogen) atoms. The summed E-state index contributed by atoms with van der Waals surface area (Å²) < 4.78 is 10.6. The maximum Gasteiger partial charge on any atom is 0.289 e. The fraction of sp³-hybridized carbons (Fsp3) is 0.429. The monoisotopic (exact) mass is 383 g/mol. The zero-order chi connectivity index (χ0) is 19.3. The van der Waals surface area contributed by atoms with Crippen LogP contribution in [-0.2, 0) is 9.53 Å². The van der Waals surface area contributed by atoms with Gasteiger partial charge in [-0.25, -0.2) is 0 Å². The Morgan fingerprint density at radius 3 is 2.18 bits per heavy atom. The number of piperazine rings is 1. The van der Waals surface area contributed by atoms with Crippen molar-refractivity contribution in [2.24, 2.45) is 0 Å². The van der Waals surface area contributed by atoms with E-state index in [9.17, 15) is 9.59 Å². The second-order valence-electron chi connectivity index (χ2n) is 7.06. The van der Waals surface area contributed by atoms with Gasteiger partial charge in [-0.2, -0.15) is 0 Å². The average Bonchev–Trinajstić information content (AvgIpc) is 3.30. The predicted molar refractivity (Wildman–Crippen MR) is 103 cm³/mol. The summed E-state index contributed by atoms with van der Waals surface area (Å²) in [5, 5.41) is 0. The van der Waals surface area contributed by atoms with Crippen LogP contribution in [0.15, 0.2) is 53.1 Å². The third-order valence-corrected chi connectivity index (χ3v) is 5.37. The van der Waals surface area contributed by atoms with Crippen LogP contribution in [0, 0.1) is 0 Å². The van der Waals surface area contributed by atoms with Gasteiger partial charge in [0.2, 0.25) is 5.91 Å². The summed E-state index contributed by atoms with van der Waals surface area (Å²) in [7, 11) is 0. The van der Waals surface area contributed by atoms with E-state index in [-0.39, 0.29) is 17.9 Å². The minimum atomic E-state index is -0.333. The molecule has 0 aliphatic carbocycles. The molecule has 2 saturated heterocycles. The Labute approximate surface area is 164 Å². The Morgan fingerprint density at radius 2 is 1.54 bits per heavy atom. The van der Waals surface area contributed by atoms with Crippen molar-refractivity contribution in [1.82, 2.24) is 14.7 Å². The molecule has 0 spiro atoms. The van der Waals surface area contributed by atoms with E-state index in [1.807, 2.05) is 35.2 Å². The van der Waals surface area contributed by atoms with Gasteiger partial charge >= 0.3 is 0 Å². The van der Waals surface area contributed by atoms with Gasteiger partial charge in [-0.15, -0.1) is 0 Å². The zero-order valence-corrected chi connectivity index (χ0v) is 15.8. The summed E-state index contributed by atoms with van der Waals surface area (Å²) in [6.45, 7) is 4.83. The third kappa shape index (κ3) is 3.95. The highest BCUT2D eigenvalue weighted by molar-refractivity contribution is 5.91. The number of carbonyl (C=O) groups is 2. The van der Waals surface area contributed by atoms with E-state index < -0.39 is 0 Å². The zero-order valence-electron chi connectivity index (χ0n) is 15.8. The van der Waals surface area contributed by atoms with Gasteiger partial charge < -0.3 is 19.0 Å². The molecule has 0 saturated carbocycles. The summed E-state index contributed by atoms with van der Waals surface area (Å²) in [4.78, 5) is 31.7. The van der Waals surface area contributed by atoms with Crippen LogP contribution in [0.5, 0.6) is 0 Å². The van der Waals surface area contributed by atoms with Gasteiger partial charge in [-0.05, 0) is 17.7 Å². The summed E-state index contributed by atoms with van der Waals surface area (Å²) in [5.41, 5.74) is 0.991. The molecule has 0 N–H and O–H groups in total. The molecule has 2 aliphatic heterocycles. The van der Waals surface area contributed by atoms with Crippen molar-refractivity contribution in [2.45, 2.75) is 6.04 Å². The predicted octanol–water partition coefficient (Wildman–Crippen LogP) is 1.64. The maximum atomic E-state index is 13.3. The molecular formula is C21H25N3O4. The van der Waals surface area contributed by atoms with Gasteiger partial charge in [0.15, 0.2) is 5.76 Å². The van der Waals surface area contributed by atoms with Crippen molar-refractivity contribution in [3.05, 3.63) is 60.1 Å². The lowest BCUT2D eigenvalue weighted by Crippen LogP contribution is -2.54. The van der Waals surface area contributed by atoms with Gasteiger partial charge in [0, 0.05) is 39.3 Å². The maximum absolute atomic E-state index is 13.3. The number of rotatable bonds is 4. The Hall–Kier alpha value is -2.64. The van der Waals surface area contributed by atoms with E-state index in [4.69, 9.17) is 9.15 Å². The molecule has 7 nitrogen and oxygen atoms in total. The van der Waals surface area contributed by atoms with Crippen LogP contribution < -0.4 is 0 Å². The van der Waals surface area contributed by atoms with Crippen molar-refractivity contribution in [2.75, 3.05) is 52.5 Å². The minimum absolute atomic E-state index is 0.0968. The SMILES string of the molecule is O=C(c1ccco1)N1CCN(C(C(=O)N2CCOCC2)c2ccccc2)CC1. The highest BCUT2D eigenvalue weighted by Crippen LogP contribution is 2.25. The molecule has 7 heteroatoms. The van der Waals surface area contributed by atoms with E-state index in [1.165, 1.54) is 6.26 Å². The Balaban J connectivity index is 1.48. The molecule has 2 amide bonds. The Bertz CT molecular complexity index is 779. The molecular weight excluding hydrogens is 358 g/mol. The molecule has 148 valence electrons. The second kappa shape index (κ2) is 8.58. The molecule has 1 unspecified atom stereocenters. The fourth-order valence-corrected chi connectivity index (χ4v) is 3.84. The van der Waals surface area contributed by atoms with Crippen LogP contribution in [0.2, 0.25) is 0 Å². The lowest BCUT2D eigenvalue weighted by molar-refractivity contribution is -0.142. The largest absolute Gasteiger partial charge is 0.459 e. The molecule has 0 bridgehead atoms. The molecule has 1 aromatic carbocycles. The van der Waals surface area contributed by atoms with Gasteiger partial charge in [0.1, 0.15) is 6.04 Å². The second-order valence-corrected chi connectivity index (χ2v) is 7.06. The topological polar surface area (TPSA) is 66.2 Å². The van der Waals surface area contributed by atoms with Crippen molar-refractivity contribution >= 4 is 11.8 Å². The number of nitrogens with zero attached hydrogens (tertiary/aromatic N) is 3. The van der Waals surface area contributed by atoms with Crippen molar-refractivity contribution in [3.8, 4) is 0 Å². The van der Waals surface area contributed by atoms with Gasteiger partial charge in [0.25, 0.3) is 5.91 Å². The van der Waals surface area contributed by atoms with Crippen LogP contribution in [0.3, 0.4) is 0 Å². The first-order valence-corrected chi connectivity index (χ1v) is 9.72. The first-order valence-electron chi connectivity index (χ1n) is 9.72. The van der Waals surface area contributed by atoms with E-state index in [0.717, 1.165) is 5.56 Å². The molecule has 2 aromatic rings. The lowest BCUT2D eigenvalue weighted by Gasteiger charge is -2.40. The van der Waals surface area contributed by atoms with Gasteiger partial charge in [-0.1, -0.05) is 30.3 Å². The fourth-order valence-electron chi connectivity index (χ4n) is 3.84. The number of hydrogen-bond acceptors (Lipinski definition) is 5. The van der Waals surface area contributed by atoms with Crippen LogP contribution in [0.4, 0.5) is 0 Å². The quantitative estimate of drug-likeness (QED) is 0.803. The van der Waals surface area contributed by atoms with Crippen molar-refractivity contribution in [1.29, 1.82) is 0 Å². The summed E-state index contributed by atoms with van der Waals surface area (Å²) in [6, 6.07) is 13.0. The summed E-state index contributed by atoms with van der Waals surface area (Å²) >= 11 is 0. The number of carbonyl (C=O) groups excluding carboxylic acids is 2. The molecule has 2 aliphatic rings. The third-order valence-electron chi connectivity index (χ3n) is 5.37. The standard InChI is InChI=1S/C21H25N3O4/c25-20(18-7-4-14-28-18)23-10-8-22(9-11-23)19(17-5-2-1-3-6-17)21(26)24-12-15-27-16-13-24/h1-7,14,19H,8-13,15-16H2. The molecule has 1 aromatic heterocycles. The summed E-state index contributed by atoms with van der Waals surface area (Å²) in [5.74, 6) is 0.373. The Kier molecular flexibility index (Phi) is 5.73. The molecule has 1 atom stereocenters. The smallest absolute Gasteiger partial charge is 0.289 e. The van der Waals surface area contributed by atoms with E-state index in [2.05, 4.69) is 4.90 Å². The van der Waals surface area contributed by atoms with Gasteiger partial charge in [0.05, 0.1) is 19.5 Å². The first-order chi connectivity index (χ1) is 13.7. The highest BCUT2D eigenvalue weighted by atomic mass is 16.5. The minimum Gasteiger partial charge on any atom is -0.459 e. The molecule has 0 radical (unpaired) electrons. The Morgan fingerprint density at radius 1 is 0.821 bits per heavy atom.